The summed E-state index contributed by atoms with van der Waals surface area (Å²) in [6.07, 6.45) is 5.43. The van der Waals surface area contributed by atoms with Crippen LogP contribution in [0.3, 0.4) is 0 Å². The maximum absolute atomic E-state index is 12.4. The van der Waals surface area contributed by atoms with Gasteiger partial charge in [-0.15, -0.1) is 0 Å². The first-order chi connectivity index (χ1) is 11.7. The quantitative estimate of drug-likeness (QED) is 0.901. The van der Waals surface area contributed by atoms with Crippen LogP contribution in [-0.4, -0.2) is 61.5 Å². The Hall–Kier alpha value is -1.39. The van der Waals surface area contributed by atoms with Crippen LogP contribution in [0.1, 0.15) is 43.6 Å². The summed E-state index contributed by atoms with van der Waals surface area (Å²) in [6, 6.07) is 11.0. The van der Waals surface area contributed by atoms with Crippen molar-refractivity contribution in [3.8, 4) is 0 Å². The number of nitrogens with zero attached hydrogens (tertiary/aromatic N) is 2. The number of likely N-dealkylation sites (N-methyl/N-ethyl adjacent to an activating group) is 1. The van der Waals surface area contributed by atoms with Gasteiger partial charge in [-0.1, -0.05) is 43.2 Å². The molecular formula is C20H31N3O. The molecule has 24 heavy (non-hydrogen) atoms. The van der Waals surface area contributed by atoms with Crippen molar-refractivity contribution in [2.75, 3.05) is 39.8 Å². The molecule has 2 atom stereocenters. The number of nitrogens with one attached hydrogen (secondary N) is 1. The molecule has 1 saturated heterocycles. The van der Waals surface area contributed by atoms with Gasteiger partial charge in [-0.05, 0) is 25.5 Å². The van der Waals surface area contributed by atoms with Crippen molar-refractivity contribution in [3.63, 3.8) is 0 Å². The maximum atomic E-state index is 12.4. The summed E-state index contributed by atoms with van der Waals surface area (Å²) in [6.45, 7) is 5.28. The highest BCUT2D eigenvalue weighted by Gasteiger charge is 2.27. The van der Waals surface area contributed by atoms with E-state index in [2.05, 4.69) is 52.5 Å². The van der Waals surface area contributed by atoms with E-state index in [9.17, 15) is 4.79 Å². The topological polar surface area (TPSA) is 35.6 Å². The summed E-state index contributed by atoms with van der Waals surface area (Å²) in [5.41, 5.74) is 1.38. The Morgan fingerprint density at radius 3 is 2.54 bits per heavy atom. The second-order valence-corrected chi connectivity index (χ2v) is 7.37. The van der Waals surface area contributed by atoms with Gasteiger partial charge in [0.15, 0.2) is 0 Å². The third-order valence-corrected chi connectivity index (χ3v) is 5.59. The number of hydrogen-bond acceptors (Lipinski definition) is 3. The molecule has 0 spiro atoms. The van der Waals surface area contributed by atoms with Gasteiger partial charge >= 0.3 is 0 Å². The zero-order valence-electron chi connectivity index (χ0n) is 14.9. The van der Waals surface area contributed by atoms with Crippen LogP contribution >= 0.6 is 0 Å². The molecule has 1 N–H and O–H groups in total. The van der Waals surface area contributed by atoms with Crippen molar-refractivity contribution in [1.82, 2.24) is 15.1 Å². The van der Waals surface area contributed by atoms with Gasteiger partial charge in [-0.3, -0.25) is 4.79 Å². The zero-order valence-corrected chi connectivity index (χ0v) is 14.9. The van der Waals surface area contributed by atoms with Crippen molar-refractivity contribution in [1.29, 1.82) is 0 Å². The molecule has 0 bridgehead atoms. The van der Waals surface area contributed by atoms with Gasteiger partial charge in [0.25, 0.3) is 0 Å². The van der Waals surface area contributed by atoms with Crippen molar-refractivity contribution in [2.24, 2.45) is 0 Å². The number of rotatable bonds is 5. The predicted molar refractivity (Wildman–Crippen MR) is 98.1 cm³/mol. The molecule has 1 aliphatic heterocycles. The molecular weight excluding hydrogens is 298 g/mol. The molecule has 0 radical (unpaired) electrons. The van der Waals surface area contributed by atoms with Gasteiger partial charge in [-0.2, -0.15) is 0 Å². The van der Waals surface area contributed by atoms with Crippen LogP contribution in [0.5, 0.6) is 0 Å². The fourth-order valence-electron chi connectivity index (χ4n) is 4.01. The standard InChI is InChI=1S/C20H31N3O/c1-22-13-15-23(16-14-22)12-11-20(24)21-19-10-6-5-9-18(19)17-7-3-2-4-8-17/h2-4,7-8,18-19H,5-6,9-16H2,1H3,(H,21,24)/t18-,19+/m0/s1. The molecule has 1 heterocycles. The first kappa shape index (κ1) is 17.4. The van der Waals surface area contributed by atoms with Gasteiger partial charge in [-0.25, -0.2) is 0 Å². The predicted octanol–water partition coefficient (Wildman–Crippen LogP) is 2.47. The Bertz CT molecular complexity index is 511. The van der Waals surface area contributed by atoms with E-state index in [1.807, 2.05) is 0 Å². The van der Waals surface area contributed by atoms with Crippen LogP contribution < -0.4 is 5.32 Å². The fraction of sp³-hybridized carbons (Fsp3) is 0.650. The second-order valence-electron chi connectivity index (χ2n) is 7.37. The summed E-state index contributed by atoms with van der Waals surface area (Å²) >= 11 is 0. The smallest absolute Gasteiger partial charge is 0.221 e. The van der Waals surface area contributed by atoms with Crippen molar-refractivity contribution >= 4 is 5.91 Å². The van der Waals surface area contributed by atoms with Crippen molar-refractivity contribution in [2.45, 2.75) is 44.1 Å². The van der Waals surface area contributed by atoms with Crippen LogP contribution in [0.2, 0.25) is 0 Å². The van der Waals surface area contributed by atoms with E-state index in [1.165, 1.54) is 24.8 Å². The molecule has 0 aromatic heterocycles. The van der Waals surface area contributed by atoms with Crippen molar-refractivity contribution < 1.29 is 4.79 Å². The third kappa shape index (κ3) is 4.81. The molecule has 4 heteroatoms. The Morgan fingerprint density at radius 2 is 1.79 bits per heavy atom. The Kier molecular flexibility index (Phi) is 6.27. The van der Waals surface area contributed by atoms with Gasteiger partial charge in [0, 0.05) is 51.1 Å². The highest BCUT2D eigenvalue weighted by molar-refractivity contribution is 5.76. The fourth-order valence-corrected chi connectivity index (χ4v) is 4.01. The lowest BCUT2D eigenvalue weighted by Crippen LogP contribution is -2.46. The number of carbonyl (C=O) groups excluding carboxylic acids is 1. The van der Waals surface area contributed by atoms with Gasteiger partial charge in [0.05, 0.1) is 0 Å². The number of amides is 1. The van der Waals surface area contributed by atoms with E-state index in [-0.39, 0.29) is 5.91 Å². The minimum atomic E-state index is 0.224. The lowest BCUT2D eigenvalue weighted by molar-refractivity contribution is -0.122. The first-order valence-corrected chi connectivity index (χ1v) is 9.47. The maximum Gasteiger partial charge on any atom is 0.221 e. The molecule has 3 rings (SSSR count). The average Bonchev–Trinajstić information content (AvgIpc) is 2.62. The molecule has 1 saturated carbocycles. The van der Waals surface area contributed by atoms with Gasteiger partial charge < -0.3 is 15.1 Å². The van der Waals surface area contributed by atoms with E-state index >= 15 is 0 Å². The SMILES string of the molecule is CN1CCN(CCC(=O)N[C@@H]2CCCC[C@H]2c2ccccc2)CC1. The Morgan fingerprint density at radius 1 is 1.08 bits per heavy atom. The van der Waals surface area contributed by atoms with E-state index < -0.39 is 0 Å². The molecule has 1 aromatic carbocycles. The summed E-state index contributed by atoms with van der Waals surface area (Å²) < 4.78 is 0. The summed E-state index contributed by atoms with van der Waals surface area (Å²) in [4.78, 5) is 17.2. The molecule has 2 aliphatic rings. The third-order valence-electron chi connectivity index (χ3n) is 5.59. The molecule has 4 nitrogen and oxygen atoms in total. The van der Waals surface area contributed by atoms with Gasteiger partial charge in [0.1, 0.15) is 0 Å². The van der Waals surface area contributed by atoms with E-state index in [1.54, 1.807) is 0 Å². The highest BCUT2D eigenvalue weighted by Crippen LogP contribution is 2.33. The highest BCUT2D eigenvalue weighted by atomic mass is 16.1. The molecule has 1 aromatic rings. The molecule has 1 amide bonds. The number of benzene rings is 1. The van der Waals surface area contributed by atoms with Crippen LogP contribution in [0.4, 0.5) is 0 Å². The monoisotopic (exact) mass is 329 g/mol. The second kappa shape index (κ2) is 8.63. The van der Waals surface area contributed by atoms with Crippen molar-refractivity contribution in [3.05, 3.63) is 35.9 Å². The molecule has 2 fully saturated rings. The van der Waals surface area contributed by atoms with E-state index in [4.69, 9.17) is 0 Å². The van der Waals surface area contributed by atoms with Crippen LogP contribution in [0.15, 0.2) is 30.3 Å². The van der Waals surface area contributed by atoms with Crippen LogP contribution in [0.25, 0.3) is 0 Å². The minimum Gasteiger partial charge on any atom is -0.353 e. The lowest BCUT2D eigenvalue weighted by atomic mass is 9.80. The Labute approximate surface area is 146 Å². The zero-order chi connectivity index (χ0) is 16.8. The average molecular weight is 329 g/mol. The summed E-state index contributed by atoms with van der Waals surface area (Å²) in [5, 5.41) is 3.34. The normalized spacial score (nSPS) is 26.2. The minimum absolute atomic E-state index is 0.224. The number of piperazine rings is 1. The largest absolute Gasteiger partial charge is 0.353 e. The lowest BCUT2D eigenvalue weighted by Gasteiger charge is -2.34. The first-order valence-electron chi connectivity index (χ1n) is 9.47. The number of carbonyl (C=O) groups is 1. The van der Waals surface area contributed by atoms with Crippen LogP contribution in [-0.2, 0) is 4.79 Å². The summed E-state index contributed by atoms with van der Waals surface area (Å²) in [5.74, 6) is 0.703. The van der Waals surface area contributed by atoms with E-state index in [0.29, 0.717) is 18.4 Å². The molecule has 132 valence electrons. The number of hydrogen-bond donors (Lipinski definition) is 1. The van der Waals surface area contributed by atoms with Gasteiger partial charge in [0.2, 0.25) is 5.91 Å². The summed E-state index contributed by atoms with van der Waals surface area (Å²) in [7, 11) is 2.16. The molecule has 0 unspecified atom stereocenters. The molecule has 1 aliphatic carbocycles. The van der Waals surface area contributed by atoms with Crippen LogP contribution in [0, 0.1) is 0 Å². The van der Waals surface area contributed by atoms with E-state index in [0.717, 1.165) is 39.1 Å². The Balaban J connectivity index is 1.49.